The fourth-order valence-corrected chi connectivity index (χ4v) is 4.52. The van der Waals surface area contributed by atoms with Crippen molar-refractivity contribution in [2.24, 2.45) is 5.92 Å². The molecular formula is C20H31N5O. The van der Waals surface area contributed by atoms with Gasteiger partial charge in [0.1, 0.15) is 0 Å². The summed E-state index contributed by atoms with van der Waals surface area (Å²) in [6, 6.07) is 2.02. The van der Waals surface area contributed by atoms with Crippen molar-refractivity contribution < 1.29 is 4.79 Å². The SMILES string of the molecule is Cc1cc(C)nc(N2CCN(C)[C@]3(CCC(=O)N(CC4CC4)CC3)C2)n1. The van der Waals surface area contributed by atoms with E-state index in [2.05, 4.69) is 31.7 Å². The molecule has 0 radical (unpaired) electrons. The number of aryl methyl sites for hydroxylation is 2. The lowest BCUT2D eigenvalue weighted by Gasteiger charge is -2.49. The summed E-state index contributed by atoms with van der Waals surface area (Å²) in [4.78, 5) is 28.9. The zero-order valence-electron chi connectivity index (χ0n) is 16.4. The molecule has 1 amide bonds. The predicted molar refractivity (Wildman–Crippen MR) is 102 cm³/mol. The Balaban J connectivity index is 1.52. The summed E-state index contributed by atoms with van der Waals surface area (Å²) in [5.74, 6) is 1.96. The van der Waals surface area contributed by atoms with E-state index in [9.17, 15) is 4.79 Å². The minimum atomic E-state index is 0.0488. The number of likely N-dealkylation sites (tertiary alicyclic amines) is 1. The first-order valence-electron chi connectivity index (χ1n) is 10.0. The van der Waals surface area contributed by atoms with E-state index < -0.39 is 0 Å². The maximum absolute atomic E-state index is 12.6. The molecule has 6 nitrogen and oxygen atoms in total. The van der Waals surface area contributed by atoms with E-state index >= 15 is 0 Å². The van der Waals surface area contributed by atoms with Crippen LogP contribution in [0.5, 0.6) is 0 Å². The molecule has 2 saturated heterocycles. The summed E-state index contributed by atoms with van der Waals surface area (Å²) in [6.45, 7) is 8.78. The molecule has 3 heterocycles. The highest BCUT2D eigenvalue weighted by molar-refractivity contribution is 5.76. The number of carbonyl (C=O) groups excluding carboxylic acids is 1. The van der Waals surface area contributed by atoms with Crippen LogP contribution in [0.25, 0.3) is 0 Å². The second kappa shape index (κ2) is 6.80. The number of nitrogens with zero attached hydrogens (tertiary/aromatic N) is 5. The molecule has 0 unspecified atom stereocenters. The van der Waals surface area contributed by atoms with E-state index in [1.54, 1.807) is 0 Å². The maximum atomic E-state index is 12.6. The van der Waals surface area contributed by atoms with Gasteiger partial charge < -0.3 is 9.80 Å². The van der Waals surface area contributed by atoms with Crippen LogP contribution in [0.2, 0.25) is 0 Å². The van der Waals surface area contributed by atoms with Gasteiger partial charge in [-0.1, -0.05) is 0 Å². The largest absolute Gasteiger partial charge is 0.342 e. The topological polar surface area (TPSA) is 52.6 Å². The average Bonchev–Trinajstić information content (AvgIpc) is 3.42. The molecule has 1 aromatic heterocycles. The van der Waals surface area contributed by atoms with E-state index in [0.29, 0.717) is 12.3 Å². The van der Waals surface area contributed by atoms with Crippen LogP contribution in [0.3, 0.4) is 0 Å². The van der Waals surface area contributed by atoms with Gasteiger partial charge in [0.05, 0.1) is 0 Å². The number of carbonyl (C=O) groups is 1. The quantitative estimate of drug-likeness (QED) is 0.828. The lowest BCUT2D eigenvalue weighted by Crippen LogP contribution is -2.61. The number of rotatable bonds is 3. The van der Waals surface area contributed by atoms with Crippen LogP contribution in [0.1, 0.15) is 43.5 Å². The van der Waals surface area contributed by atoms with Crippen molar-refractivity contribution in [3.8, 4) is 0 Å². The third kappa shape index (κ3) is 3.56. The lowest BCUT2D eigenvalue weighted by molar-refractivity contribution is -0.130. The second-order valence-electron chi connectivity index (χ2n) is 8.55. The number of amides is 1. The zero-order chi connectivity index (χ0) is 18.3. The molecule has 1 aromatic rings. The van der Waals surface area contributed by atoms with Crippen molar-refractivity contribution in [3.63, 3.8) is 0 Å². The van der Waals surface area contributed by atoms with Gasteiger partial charge in [-0.25, -0.2) is 9.97 Å². The van der Waals surface area contributed by atoms with E-state index in [1.807, 2.05) is 19.9 Å². The first-order chi connectivity index (χ1) is 12.4. The Morgan fingerprint density at radius 2 is 1.85 bits per heavy atom. The van der Waals surface area contributed by atoms with Crippen molar-refractivity contribution >= 4 is 11.9 Å². The van der Waals surface area contributed by atoms with Crippen LogP contribution >= 0.6 is 0 Å². The smallest absolute Gasteiger partial charge is 0.225 e. The number of likely N-dealkylation sites (N-methyl/N-ethyl adjacent to an activating group) is 1. The summed E-state index contributed by atoms with van der Waals surface area (Å²) in [5, 5.41) is 0. The minimum Gasteiger partial charge on any atom is -0.342 e. The van der Waals surface area contributed by atoms with Crippen molar-refractivity contribution in [2.75, 3.05) is 44.7 Å². The van der Waals surface area contributed by atoms with E-state index in [1.165, 1.54) is 12.8 Å². The molecule has 142 valence electrons. The van der Waals surface area contributed by atoms with E-state index in [-0.39, 0.29) is 5.54 Å². The Morgan fingerprint density at radius 3 is 2.54 bits per heavy atom. The van der Waals surface area contributed by atoms with Gasteiger partial charge in [0.2, 0.25) is 11.9 Å². The Morgan fingerprint density at radius 1 is 1.12 bits per heavy atom. The minimum absolute atomic E-state index is 0.0488. The van der Waals surface area contributed by atoms with Crippen LogP contribution in [-0.4, -0.2) is 71.0 Å². The lowest BCUT2D eigenvalue weighted by atomic mass is 9.86. The Kier molecular flexibility index (Phi) is 4.63. The molecule has 0 N–H and O–H groups in total. The Bertz CT molecular complexity index is 669. The molecule has 1 atom stereocenters. The summed E-state index contributed by atoms with van der Waals surface area (Å²) in [7, 11) is 2.22. The van der Waals surface area contributed by atoms with Crippen molar-refractivity contribution in [2.45, 2.75) is 51.5 Å². The standard InChI is InChI=1S/C20H31N5O/c1-15-12-16(2)22-19(21-15)25-11-10-23(3)20(14-25)7-6-18(26)24(9-8-20)13-17-4-5-17/h12,17H,4-11,13-14H2,1-3H3/t20-/m0/s1. The van der Waals surface area contributed by atoms with Gasteiger partial charge in [0.25, 0.3) is 0 Å². The monoisotopic (exact) mass is 357 g/mol. The number of piperazine rings is 1. The van der Waals surface area contributed by atoms with Gasteiger partial charge in [0, 0.05) is 56.1 Å². The molecule has 1 saturated carbocycles. The van der Waals surface area contributed by atoms with E-state index in [0.717, 1.165) is 68.8 Å². The molecule has 6 heteroatoms. The van der Waals surface area contributed by atoms with Crippen molar-refractivity contribution in [1.29, 1.82) is 0 Å². The Hall–Kier alpha value is -1.69. The van der Waals surface area contributed by atoms with Gasteiger partial charge >= 0.3 is 0 Å². The molecule has 3 aliphatic rings. The van der Waals surface area contributed by atoms with Crippen LogP contribution in [0.15, 0.2) is 6.07 Å². The Labute approximate surface area is 156 Å². The molecule has 0 bridgehead atoms. The molecule has 1 spiro atoms. The summed E-state index contributed by atoms with van der Waals surface area (Å²) < 4.78 is 0. The molecule has 0 aromatic carbocycles. The van der Waals surface area contributed by atoms with Crippen LogP contribution in [0, 0.1) is 19.8 Å². The van der Waals surface area contributed by atoms with Gasteiger partial charge in [-0.15, -0.1) is 0 Å². The fourth-order valence-electron chi connectivity index (χ4n) is 4.52. The summed E-state index contributed by atoms with van der Waals surface area (Å²) in [5.41, 5.74) is 2.09. The summed E-state index contributed by atoms with van der Waals surface area (Å²) in [6.07, 6.45) is 5.24. The normalized spacial score (nSPS) is 27.9. The molecule has 2 aliphatic heterocycles. The van der Waals surface area contributed by atoms with Gasteiger partial charge in [-0.3, -0.25) is 9.69 Å². The van der Waals surface area contributed by atoms with Gasteiger partial charge in [-0.05, 0) is 58.6 Å². The van der Waals surface area contributed by atoms with E-state index in [4.69, 9.17) is 0 Å². The van der Waals surface area contributed by atoms with Gasteiger partial charge in [0.15, 0.2) is 0 Å². The first-order valence-corrected chi connectivity index (χ1v) is 10.0. The van der Waals surface area contributed by atoms with Crippen molar-refractivity contribution in [1.82, 2.24) is 19.8 Å². The van der Waals surface area contributed by atoms with Crippen LogP contribution in [-0.2, 0) is 4.79 Å². The fraction of sp³-hybridized carbons (Fsp3) is 0.750. The highest BCUT2D eigenvalue weighted by Gasteiger charge is 2.43. The highest BCUT2D eigenvalue weighted by atomic mass is 16.2. The zero-order valence-corrected chi connectivity index (χ0v) is 16.4. The predicted octanol–water partition coefficient (Wildman–Crippen LogP) is 2.01. The molecule has 26 heavy (non-hydrogen) atoms. The van der Waals surface area contributed by atoms with Gasteiger partial charge in [-0.2, -0.15) is 0 Å². The highest BCUT2D eigenvalue weighted by Crippen LogP contribution is 2.35. The maximum Gasteiger partial charge on any atom is 0.225 e. The third-order valence-electron chi connectivity index (χ3n) is 6.43. The molecule has 3 fully saturated rings. The van der Waals surface area contributed by atoms with Crippen molar-refractivity contribution in [3.05, 3.63) is 17.5 Å². The number of aromatic nitrogens is 2. The molecular weight excluding hydrogens is 326 g/mol. The number of anilines is 1. The number of hydrogen-bond acceptors (Lipinski definition) is 5. The second-order valence-corrected chi connectivity index (χ2v) is 8.55. The van der Waals surface area contributed by atoms with Crippen LogP contribution < -0.4 is 4.90 Å². The number of hydrogen-bond donors (Lipinski definition) is 0. The molecule has 1 aliphatic carbocycles. The third-order valence-corrected chi connectivity index (χ3v) is 6.43. The summed E-state index contributed by atoms with van der Waals surface area (Å²) >= 11 is 0. The first kappa shape index (κ1) is 17.7. The average molecular weight is 358 g/mol. The van der Waals surface area contributed by atoms with Crippen LogP contribution in [0.4, 0.5) is 5.95 Å². The molecule has 4 rings (SSSR count).